The molecule has 0 radical (unpaired) electrons. The molecule has 0 unspecified atom stereocenters. The summed E-state index contributed by atoms with van der Waals surface area (Å²) in [7, 11) is -4.02. The van der Waals surface area contributed by atoms with E-state index in [-0.39, 0.29) is 4.90 Å². The summed E-state index contributed by atoms with van der Waals surface area (Å²) in [6.07, 6.45) is 0. The number of aryl methyl sites for hydroxylation is 1. The lowest BCUT2D eigenvalue weighted by molar-refractivity contribution is 0.483. The van der Waals surface area contributed by atoms with Crippen LogP contribution in [-0.2, 0) is 10.1 Å². The van der Waals surface area contributed by atoms with Crippen LogP contribution in [0.25, 0.3) is 11.1 Å². The molecule has 4 heteroatoms. The van der Waals surface area contributed by atoms with Crippen molar-refractivity contribution in [2.45, 2.75) is 11.8 Å². The molecule has 108 valence electrons. The molecule has 2 aliphatic rings. The molecule has 3 rings (SSSR count). The maximum absolute atomic E-state index is 10.5. The van der Waals surface area contributed by atoms with Gasteiger partial charge in [-0.15, -0.1) is 0 Å². The molecule has 1 aromatic rings. The van der Waals surface area contributed by atoms with Crippen molar-refractivity contribution >= 4 is 10.1 Å². The minimum Gasteiger partial charge on any atom is -0.282 e. The van der Waals surface area contributed by atoms with Crippen molar-refractivity contribution in [1.82, 2.24) is 0 Å². The summed E-state index contributed by atoms with van der Waals surface area (Å²) in [4.78, 5) is -0.0666. The zero-order valence-electron chi connectivity index (χ0n) is 11.6. The molecule has 0 bridgehead atoms. The maximum Gasteiger partial charge on any atom is 0.294 e. The third-order valence-electron chi connectivity index (χ3n) is 2.98. The van der Waals surface area contributed by atoms with E-state index in [0.29, 0.717) is 0 Å². The van der Waals surface area contributed by atoms with E-state index in [4.69, 9.17) is 4.55 Å². The van der Waals surface area contributed by atoms with Crippen molar-refractivity contribution in [2.75, 3.05) is 0 Å². The Morgan fingerprint density at radius 2 is 1.19 bits per heavy atom. The Morgan fingerprint density at radius 3 is 1.67 bits per heavy atom. The molecule has 0 saturated heterocycles. The average Bonchev–Trinajstić information content (AvgIpc) is 2.76. The van der Waals surface area contributed by atoms with Gasteiger partial charge in [0.1, 0.15) is 0 Å². The van der Waals surface area contributed by atoms with E-state index in [1.54, 1.807) is 12.1 Å². The van der Waals surface area contributed by atoms with Crippen LogP contribution in [0.3, 0.4) is 0 Å². The smallest absolute Gasteiger partial charge is 0.282 e. The minimum absolute atomic E-state index is 0.0666. The van der Waals surface area contributed by atoms with Crippen LogP contribution in [-0.4, -0.2) is 13.0 Å². The van der Waals surface area contributed by atoms with Crippen molar-refractivity contribution in [2.24, 2.45) is 0 Å². The van der Waals surface area contributed by atoms with Crippen molar-refractivity contribution in [3.63, 3.8) is 0 Å². The quantitative estimate of drug-likeness (QED) is 0.690. The Balaban J connectivity index is 0.000000154. The van der Waals surface area contributed by atoms with Gasteiger partial charge in [0, 0.05) is 0 Å². The number of rotatable bonds is 1. The fraction of sp³-hybridized carbons (Fsp3) is 0.0588. The Kier molecular flexibility index (Phi) is 4.73. The molecule has 0 spiro atoms. The minimum atomic E-state index is -4.02. The normalized spacial score (nSPS) is 10.8. The molecular formula is C17H16O3S. The second-order valence-corrected chi connectivity index (χ2v) is 6.06. The summed E-state index contributed by atoms with van der Waals surface area (Å²) < 4.78 is 29.6. The Hall–Kier alpha value is -2.17. The van der Waals surface area contributed by atoms with E-state index in [2.05, 4.69) is 42.5 Å². The lowest BCUT2D eigenvalue weighted by Gasteiger charge is -1.95. The molecule has 1 aromatic carbocycles. The van der Waals surface area contributed by atoms with Gasteiger partial charge in [0.05, 0.1) is 4.90 Å². The van der Waals surface area contributed by atoms with E-state index < -0.39 is 10.1 Å². The third kappa shape index (κ3) is 4.41. The van der Waals surface area contributed by atoms with Crippen LogP contribution in [0.1, 0.15) is 5.56 Å². The number of hydrogen-bond acceptors (Lipinski definition) is 2. The van der Waals surface area contributed by atoms with Crippen molar-refractivity contribution < 1.29 is 13.0 Å². The number of benzene rings is 1. The molecular weight excluding hydrogens is 284 g/mol. The predicted molar refractivity (Wildman–Crippen MR) is 84.1 cm³/mol. The topological polar surface area (TPSA) is 54.4 Å². The van der Waals surface area contributed by atoms with Gasteiger partial charge < -0.3 is 0 Å². The molecule has 2 aliphatic carbocycles. The Labute approximate surface area is 125 Å². The zero-order chi connectivity index (χ0) is 15.3. The van der Waals surface area contributed by atoms with Crippen LogP contribution in [0.4, 0.5) is 0 Å². The van der Waals surface area contributed by atoms with E-state index in [0.717, 1.165) is 5.56 Å². The van der Waals surface area contributed by atoms with Gasteiger partial charge in [-0.25, -0.2) is 0 Å². The lowest BCUT2D eigenvalue weighted by atomic mass is 10.2. The van der Waals surface area contributed by atoms with Gasteiger partial charge in [-0.3, -0.25) is 4.55 Å². The molecule has 0 amide bonds. The molecule has 0 heterocycles. The Bertz CT molecular complexity index is 749. The van der Waals surface area contributed by atoms with Crippen LogP contribution in [0.15, 0.2) is 77.7 Å². The monoisotopic (exact) mass is 300 g/mol. The van der Waals surface area contributed by atoms with Crippen LogP contribution >= 0.6 is 0 Å². The van der Waals surface area contributed by atoms with Gasteiger partial charge in [-0.2, -0.15) is 8.42 Å². The highest BCUT2D eigenvalue weighted by Gasteiger charge is 2.06. The standard InChI is InChI=1S/C10H8.C7H8O3S/c1-2-5-9-7-4-8-10(9)6-3-1;1-6-2-4-7(5-3-6)11(8,9)10/h1-8H;2-5H,1H3,(H,8,9,10). The summed E-state index contributed by atoms with van der Waals surface area (Å²) in [6, 6.07) is 22.7. The van der Waals surface area contributed by atoms with E-state index >= 15 is 0 Å². The van der Waals surface area contributed by atoms with Gasteiger partial charge in [0.2, 0.25) is 0 Å². The van der Waals surface area contributed by atoms with E-state index in [1.807, 2.05) is 13.0 Å². The van der Waals surface area contributed by atoms with Gasteiger partial charge in [-0.05, 0) is 30.2 Å². The van der Waals surface area contributed by atoms with Gasteiger partial charge in [0.15, 0.2) is 0 Å². The average molecular weight is 300 g/mol. The fourth-order valence-corrected chi connectivity index (χ4v) is 2.32. The first-order valence-electron chi connectivity index (χ1n) is 6.45. The first kappa shape index (κ1) is 15.2. The maximum atomic E-state index is 10.5. The second kappa shape index (κ2) is 6.52. The van der Waals surface area contributed by atoms with E-state index in [1.165, 1.54) is 23.3 Å². The van der Waals surface area contributed by atoms with Crippen LogP contribution in [0, 0.1) is 6.92 Å². The number of fused-ring (bicyclic) bond motifs is 1. The summed E-state index contributed by atoms with van der Waals surface area (Å²) in [5.41, 5.74) is 3.58. The van der Waals surface area contributed by atoms with Crippen molar-refractivity contribution in [1.29, 1.82) is 0 Å². The first-order valence-corrected chi connectivity index (χ1v) is 7.89. The zero-order valence-corrected chi connectivity index (χ0v) is 12.4. The number of hydrogen-bond donors (Lipinski definition) is 1. The lowest BCUT2D eigenvalue weighted by Crippen LogP contribution is -1.96. The highest BCUT2D eigenvalue weighted by Crippen LogP contribution is 2.19. The second-order valence-electron chi connectivity index (χ2n) is 4.64. The summed E-state index contributed by atoms with van der Waals surface area (Å²) in [5, 5.41) is 0. The third-order valence-corrected chi connectivity index (χ3v) is 3.85. The van der Waals surface area contributed by atoms with Crippen molar-refractivity contribution in [3.8, 4) is 11.1 Å². The molecule has 0 aliphatic heterocycles. The largest absolute Gasteiger partial charge is 0.294 e. The molecule has 0 atom stereocenters. The molecule has 1 N–H and O–H groups in total. The van der Waals surface area contributed by atoms with Gasteiger partial charge >= 0.3 is 0 Å². The van der Waals surface area contributed by atoms with Crippen LogP contribution < -0.4 is 0 Å². The fourth-order valence-electron chi connectivity index (χ4n) is 1.84. The highest BCUT2D eigenvalue weighted by atomic mass is 32.2. The van der Waals surface area contributed by atoms with Gasteiger partial charge in [-0.1, -0.05) is 66.2 Å². The summed E-state index contributed by atoms with van der Waals surface area (Å²) in [5.74, 6) is 0. The molecule has 0 aromatic heterocycles. The predicted octanol–water partition coefficient (Wildman–Crippen LogP) is 4.03. The SMILES string of the molecule is Cc1ccc(S(=O)(=O)O)cc1.c1ccc2cccc-2cc1. The van der Waals surface area contributed by atoms with Crippen LogP contribution in [0.5, 0.6) is 0 Å². The summed E-state index contributed by atoms with van der Waals surface area (Å²) in [6.45, 7) is 1.84. The molecule has 0 fully saturated rings. The highest BCUT2D eigenvalue weighted by molar-refractivity contribution is 7.85. The van der Waals surface area contributed by atoms with Crippen molar-refractivity contribution in [3.05, 3.63) is 78.4 Å². The first-order chi connectivity index (χ1) is 9.97. The summed E-state index contributed by atoms with van der Waals surface area (Å²) >= 11 is 0. The van der Waals surface area contributed by atoms with Crippen LogP contribution in [0.2, 0.25) is 0 Å². The van der Waals surface area contributed by atoms with E-state index in [9.17, 15) is 8.42 Å². The molecule has 3 nitrogen and oxygen atoms in total. The molecule has 0 saturated carbocycles. The van der Waals surface area contributed by atoms with Gasteiger partial charge in [0.25, 0.3) is 10.1 Å². The molecule has 21 heavy (non-hydrogen) atoms. The Morgan fingerprint density at radius 1 is 0.714 bits per heavy atom.